The second-order valence-corrected chi connectivity index (χ2v) is 9.33. The molecule has 29 heavy (non-hydrogen) atoms. The third-order valence-electron chi connectivity index (χ3n) is 5.30. The summed E-state index contributed by atoms with van der Waals surface area (Å²) in [6, 6.07) is 2.00. The van der Waals surface area contributed by atoms with Crippen molar-refractivity contribution in [1.29, 1.82) is 0 Å². The maximum atomic E-state index is 12.8. The molecule has 3 heterocycles. The predicted molar refractivity (Wildman–Crippen MR) is 114 cm³/mol. The molecule has 1 aliphatic rings. The largest absolute Gasteiger partial charge is 0.360 e. The van der Waals surface area contributed by atoms with Crippen molar-refractivity contribution < 1.29 is 9.59 Å². The number of carbonyl (C=O) groups is 2. The Kier molecular flexibility index (Phi) is 6.57. The van der Waals surface area contributed by atoms with Crippen LogP contribution in [0, 0.1) is 5.41 Å². The number of aromatic amines is 1. The fourth-order valence-electron chi connectivity index (χ4n) is 4.21. The fraction of sp³-hybridized carbons (Fsp3) is 0.591. The van der Waals surface area contributed by atoms with E-state index in [-0.39, 0.29) is 23.3 Å². The number of H-pyrrole nitrogens is 1. The zero-order valence-electron chi connectivity index (χ0n) is 18.0. The Morgan fingerprint density at radius 3 is 2.93 bits per heavy atom. The number of pyridine rings is 1. The molecule has 1 fully saturated rings. The number of hydrogen-bond acceptors (Lipinski definition) is 4. The summed E-state index contributed by atoms with van der Waals surface area (Å²) in [7, 11) is 1.99. The topological polar surface area (TPSA) is 81.3 Å². The smallest absolute Gasteiger partial charge is 0.237 e. The number of rotatable bonds is 7. The highest BCUT2D eigenvalue weighted by Crippen LogP contribution is 2.19. The first-order chi connectivity index (χ1) is 13.7. The highest BCUT2D eigenvalue weighted by Gasteiger charge is 2.29. The van der Waals surface area contributed by atoms with E-state index in [1.807, 2.05) is 24.2 Å². The zero-order chi connectivity index (χ0) is 21.0. The van der Waals surface area contributed by atoms with Gasteiger partial charge in [-0.1, -0.05) is 20.8 Å². The zero-order valence-corrected chi connectivity index (χ0v) is 18.0. The van der Waals surface area contributed by atoms with Crippen LogP contribution in [0.25, 0.3) is 10.9 Å². The number of likely N-dealkylation sites (tertiary alicyclic amines) is 1. The van der Waals surface area contributed by atoms with Crippen LogP contribution in [0.15, 0.2) is 24.7 Å². The molecule has 2 aromatic heterocycles. The van der Waals surface area contributed by atoms with Gasteiger partial charge < -0.3 is 15.2 Å². The van der Waals surface area contributed by atoms with Gasteiger partial charge in [0.2, 0.25) is 11.8 Å². The molecular formula is C22H33N5O2. The second kappa shape index (κ2) is 8.95. The average molecular weight is 400 g/mol. The number of fused-ring (bicyclic) bond motifs is 1. The van der Waals surface area contributed by atoms with Crippen molar-refractivity contribution in [2.24, 2.45) is 5.41 Å². The van der Waals surface area contributed by atoms with Gasteiger partial charge in [-0.15, -0.1) is 0 Å². The van der Waals surface area contributed by atoms with Crippen LogP contribution in [0.4, 0.5) is 0 Å². The van der Waals surface area contributed by atoms with Crippen molar-refractivity contribution >= 4 is 22.7 Å². The molecule has 0 radical (unpaired) electrons. The summed E-state index contributed by atoms with van der Waals surface area (Å²) in [4.78, 5) is 36.5. The Bertz CT molecular complexity index is 854. The Balaban J connectivity index is 1.50. The van der Waals surface area contributed by atoms with Crippen LogP contribution in [-0.2, 0) is 16.0 Å². The maximum absolute atomic E-state index is 12.8. The van der Waals surface area contributed by atoms with Crippen molar-refractivity contribution in [1.82, 2.24) is 25.1 Å². The average Bonchev–Trinajstić information content (AvgIpc) is 3.25. The molecule has 0 aromatic carbocycles. The highest BCUT2D eigenvalue weighted by molar-refractivity contribution is 5.88. The van der Waals surface area contributed by atoms with Crippen LogP contribution in [0.5, 0.6) is 0 Å². The van der Waals surface area contributed by atoms with Crippen molar-refractivity contribution in [3.8, 4) is 0 Å². The molecule has 158 valence electrons. The molecule has 1 atom stereocenters. The van der Waals surface area contributed by atoms with Gasteiger partial charge in [0.1, 0.15) is 0 Å². The Morgan fingerprint density at radius 1 is 1.38 bits per heavy atom. The van der Waals surface area contributed by atoms with Crippen LogP contribution in [-0.4, -0.2) is 70.9 Å². The van der Waals surface area contributed by atoms with Crippen molar-refractivity contribution in [3.05, 3.63) is 30.2 Å². The summed E-state index contributed by atoms with van der Waals surface area (Å²) in [5, 5.41) is 4.05. The standard InChI is InChI=1S/C22H33N5O2/c1-22(2,3)15-26(4)14-21(29)27-9-5-6-17(27)12-25-20(28)10-16-11-24-19-13-23-8-7-18(16)19/h7-8,11,13,17,24H,5-6,9-10,12,14-15H2,1-4H3,(H,25,28). The van der Waals surface area contributed by atoms with E-state index in [4.69, 9.17) is 0 Å². The van der Waals surface area contributed by atoms with E-state index in [2.05, 4.69) is 41.0 Å². The molecule has 0 spiro atoms. The van der Waals surface area contributed by atoms with Gasteiger partial charge in [-0.3, -0.25) is 19.5 Å². The highest BCUT2D eigenvalue weighted by atomic mass is 16.2. The number of nitrogens with one attached hydrogen (secondary N) is 2. The number of hydrogen-bond donors (Lipinski definition) is 2. The molecule has 2 aromatic rings. The molecule has 7 heteroatoms. The van der Waals surface area contributed by atoms with Crippen LogP contribution < -0.4 is 5.32 Å². The second-order valence-electron chi connectivity index (χ2n) is 9.33. The molecular weight excluding hydrogens is 366 g/mol. The van der Waals surface area contributed by atoms with Gasteiger partial charge in [-0.2, -0.15) is 0 Å². The first-order valence-corrected chi connectivity index (χ1v) is 10.4. The van der Waals surface area contributed by atoms with Crippen LogP contribution >= 0.6 is 0 Å². The summed E-state index contributed by atoms with van der Waals surface area (Å²) < 4.78 is 0. The predicted octanol–water partition coefficient (Wildman–Crippen LogP) is 2.19. The lowest BCUT2D eigenvalue weighted by Gasteiger charge is -2.30. The van der Waals surface area contributed by atoms with E-state index >= 15 is 0 Å². The van der Waals surface area contributed by atoms with Gasteiger partial charge in [0.25, 0.3) is 0 Å². The van der Waals surface area contributed by atoms with Crippen molar-refractivity contribution in [2.75, 3.05) is 33.2 Å². The minimum absolute atomic E-state index is 0.0214. The minimum Gasteiger partial charge on any atom is -0.360 e. The molecule has 1 aliphatic heterocycles. The maximum Gasteiger partial charge on any atom is 0.237 e. The third kappa shape index (κ3) is 5.79. The SMILES string of the molecule is CN(CC(=O)N1CCCC1CNC(=O)Cc1c[nH]c2cnccc12)CC(C)(C)C. The van der Waals surface area contributed by atoms with E-state index in [0.717, 1.165) is 42.4 Å². The van der Waals surface area contributed by atoms with E-state index < -0.39 is 0 Å². The van der Waals surface area contributed by atoms with E-state index in [9.17, 15) is 9.59 Å². The number of likely N-dealkylation sites (N-methyl/N-ethyl adjacent to an activating group) is 1. The molecule has 3 rings (SSSR count). The van der Waals surface area contributed by atoms with Gasteiger partial charge in [0.05, 0.1) is 24.7 Å². The van der Waals surface area contributed by atoms with Crippen LogP contribution in [0.1, 0.15) is 39.2 Å². The molecule has 2 N–H and O–H groups in total. The lowest BCUT2D eigenvalue weighted by molar-refractivity contribution is -0.133. The van der Waals surface area contributed by atoms with E-state index in [1.54, 1.807) is 12.4 Å². The van der Waals surface area contributed by atoms with E-state index in [1.165, 1.54) is 0 Å². The fourth-order valence-corrected chi connectivity index (χ4v) is 4.21. The van der Waals surface area contributed by atoms with Gasteiger partial charge in [0, 0.05) is 43.5 Å². The normalized spacial score (nSPS) is 17.3. The number of nitrogens with zero attached hydrogens (tertiary/aromatic N) is 3. The summed E-state index contributed by atoms with van der Waals surface area (Å²) in [5.74, 6) is 0.129. The molecule has 2 amide bonds. The summed E-state index contributed by atoms with van der Waals surface area (Å²) in [5.41, 5.74) is 2.05. The van der Waals surface area contributed by atoms with E-state index in [0.29, 0.717) is 19.5 Å². The van der Waals surface area contributed by atoms with Gasteiger partial charge in [-0.25, -0.2) is 0 Å². The van der Waals surface area contributed by atoms with Crippen LogP contribution in [0.3, 0.4) is 0 Å². The van der Waals surface area contributed by atoms with Crippen molar-refractivity contribution in [2.45, 2.75) is 46.1 Å². The Labute approximate surface area is 172 Å². The molecule has 7 nitrogen and oxygen atoms in total. The molecule has 0 bridgehead atoms. The summed E-state index contributed by atoms with van der Waals surface area (Å²) in [6.45, 7) is 9.10. The number of amides is 2. The summed E-state index contributed by atoms with van der Waals surface area (Å²) >= 11 is 0. The third-order valence-corrected chi connectivity index (χ3v) is 5.30. The monoisotopic (exact) mass is 399 g/mol. The van der Waals surface area contributed by atoms with Crippen LogP contribution in [0.2, 0.25) is 0 Å². The van der Waals surface area contributed by atoms with Gasteiger partial charge in [-0.05, 0) is 36.9 Å². The molecule has 1 saturated heterocycles. The Hall–Kier alpha value is -2.41. The number of carbonyl (C=O) groups excluding carboxylic acids is 2. The Morgan fingerprint density at radius 2 is 2.17 bits per heavy atom. The quantitative estimate of drug-likeness (QED) is 0.748. The first-order valence-electron chi connectivity index (χ1n) is 10.4. The van der Waals surface area contributed by atoms with Crippen molar-refractivity contribution in [3.63, 3.8) is 0 Å². The molecule has 0 saturated carbocycles. The van der Waals surface area contributed by atoms with Gasteiger partial charge >= 0.3 is 0 Å². The lowest BCUT2D eigenvalue weighted by Crippen LogP contribution is -2.47. The number of aromatic nitrogens is 2. The van der Waals surface area contributed by atoms with Gasteiger partial charge in [0.15, 0.2) is 0 Å². The first kappa shape index (κ1) is 21.3. The molecule has 1 unspecified atom stereocenters. The minimum atomic E-state index is -0.0214. The lowest BCUT2D eigenvalue weighted by atomic mass is 9.96. The summed E-state index contributed by atoms with van der Waals surface area (Å²) in [6.07, 6.45) is 7.60. The molecule has 0 aliphatic carbocycles.